The average molecular weight is 933 g/mol. The number of pyridine rings is 3. The summed E-state index contributed by atoms with van der Waals surface area (Å²) in [5.41, 5.74) is 0.0686. The van der Waals surface area contributed by atoms with Gasteiger partial charge in [0.1, 0.15) is 11.4 Å². The minimum atomic E-state index is -3.18. The van der Waals surface area contributed by atoms with E-state index in [1.807, 2.05) is 0 Å². The quantitative estimate of drug-likeness (QED) is 0.115. The maximum absolute atomic E-state index is 14.6. The van der Waals surface area contributed by atoms with Crippen LogP contribution < -0.4 is 0 Å². The zero-order chi connectivity index (χ0) is 50.2. The molecule has 0 aliphatic rings. The van der Waals surface area contributed by atoms with Crippen LogP contribution in [0.15, 0.2) is 156 Å². The zero-order valence-corrected chi connectivity index (χ0v) is 32.1. The second-order valence-corrected chi connectivity index (χ2v) is 12.6. The Balaban J connectivity index is 0.00000676. The Hall–Kier alpha value is -6.07. The Morgan fingerprint density at radius 1 is 0.544 bits per heavy atom. The summed E-state index contributed by atoms with van der Waals surface area (Å²) in [5, 5.41) is 0.469. The number of furan rings is 1. The summed E-state index contributed by atoms with van der Waals surface area (Å²) in [4.78, 5) is 13.1. The van der Waals surface area contributed by atoms with E-state index >= 15 is 0 Å². The van der Waals surface area contributed by atoms with Gasteiger partial charge < -0.3 is 19.4 Å². The first kappa shape index (κ1) is 24.5. The van der Waals surface area contributed by atoms with Gasteiger partial charge in [0.2, 0.25) is 0 Å². The molecule has 4 heterocycles. The van der Waals surface area contributed by atoms with Gasteiger partial charge in [0.05, 0.1) is 8.32 Å². The monoisotopic (exact) mass is 933 g/mol. The molecule has 0 aliphatic carbocycles. The van der Waals surface area contributed by atoms with Crippen LogP contribution in [0.4, 0.5) is 4.39 Å². The average Bonchev–Trinajstić information content (AvgIpc) is 3.74. The minimum absolute atomic E-state index is 0. The first-order chi connectivity index (χ1) is 33.0. The van der Waals surface area contributed by atoms with E-state index in [0.29, 0.717) is 27.9 Å². The summed E-state index contributed by atoms with van der Waals surface area (Å²) in [7, 11) is 0. The summed E-state index contributed by atoms with van der Waals surface area (Å²) in [6.45, 7) is 0. The summed E-state index contributed by atoms with van der Waals surface area (Å²) < 4.78 is 148. The van der Waals surface area contributed by atoms with E-state index < -0.39 is 72.8 Å². The van der Waals surface area contributed by atoms with E-state index in [0.717, 1.165) is 42.9 Å². The SMILES string of the molecule is [2H]c1cc2oc3c(-c4ccc(C([2H])([2H])C([2H])([2H])c5cc(C([2H])([2H])C([2H])([2H])c6ccc(-c7[c-]cccc7)nc6)cc(C([2H])([2H])C([2H])([2H])c6ccc(-c7[c-]cccc7)nc6)c5)cn4)[c-]ccc3c2c([2H])c1F.[Ir+3]. The third kappa shape index (κ3) is 8.84. The molecule has 0 fully saturated rings. The van der Waals surface area contributed by atoms with Crippen molar-refractivity contribution in [1.82, 2.24) is 15.0 Å². The van der Waals surface area contributed by atoms with Gasteiger partial charge in [-0.2, -0.15) is 0 Å². The fourth-order valence-corrected chi connectivity index (χ4v) is 6.03. The number of benzene rings is 5. The van der Waals surface area contributed by atoms with E-state index in [9.17, 15) is 20.8 Å². The summed E-state index contributed by atoms with van der Waals surface area (Å²) in [6, 6.07) is 37.2. The smallest absolute Gasteiger partial charge is 0.501 e. The molecular formula is C51H37FIrN3O. The molecule has 0 radical (unpaired) electrons. The molecule has 6 heteroatoms. The predicted octanol–water partition coefficient (Wildman–Crippen LogP) is 11.7. The Morgan fingerprint density at radius 3 is 1.53 bits per heavy atom. The number of aryl methyl sites for hydroxylation is 6. The molecule has 9 aromatic rings. The van der Waals surface area contributed by atoms with Gasteiger partial charge in [-0.1, -0.05) is 65.5 Å². The first-order valence-electron chi connectivity index (χ1n) is 24.5. The third-order valence-electron chi connectivity index (χ3n) is 8.75. The molecule has 57 heavy (non-hydrogen) atoms. The summed E-state index contributed by atoms with van der Waals surface area (Å²) in [5.74, 6) is -1.03. The number of nitrogens with zero attached hydrogens (tertiary/aromatic N) is 3. The molecule has 4 aromatic heterocycles. The number of rotatable bonds is 12. The van der Waals surface area contributed by atoms with E-state index in [-0.39, 0.29) is 64.6 Å². The van der Waals surface area contributed by atoms with Gasteiger partial charge in [0, 0.05) is 40.4 Å². The molecular weight excluding hydrogens is 882 g/mol. The van der Waals surface area contributed by atoms with Crippen molar-refractivity contribution >= 4 is 21.9 Å². The van der Waals surface area contributed by atoms with Crippen LogP contribution in [-0.2, 0) is 58.3 Å². The van der Waals surface area contributed by atoms with Gasteiger partial charge >= 0.3 is 20.1 Å². The minimum Gasteiger partial charge on any atom is -0.501 e. The number of hydrogen-bond acceptors (Lipinski definition) is 4. The first-order valence-corrected chi connectivity index (χ1v) is 17.5. The van der Waals surface area contributed by atoms with Crippen LogP contribution in [0.1, 0.15) is 52.6 Å². The fourth-order valence-electron chi connectivity index (χ4n) is 6.03. The fraction of sp³-hybridized carbons (Fsp3) is 0.118. The van der Waals surface area contributed by atoms with Gasteiger partial charge in [-0.15, -0.1) is 90.0 Å². The number of halogens is 1. The molecule has 0 saturated heterocycles. The Morgan fingerprint density at radius 2 is 1.05 bits per heavy atom. The van der Waals surface area contributed by atoms with Crippen molar-refractivity contribution in [3.8, 4) is 33.8 Å². The Bertz CT molecular complexity index is 3290. The van der Waals surface area contributed by atoms with Crippen molar-refractivity contribution in [3.63, 3.8) is 0 Å². The molecule has 4 nitrogen and oxygen atoms in total. The van der Waals surface area contributed by atoms with Crippen LogP contribution in [0.2, 0.25) is 0 Å². The van der Waals surface area contributed by atoms with Gasteiger partial charge in [-0.05, 0) is 107 Å². The molecule has 0 N–H and O–H groups in total. The van der Waals surface area contributed by atoms with Crippen LogP contribution in [0, 0.1) is 24.0 Å². The van der Waals surface area contributed by atoms with Crippen molar-refractivity contribution in [2.75, 3.05) is 0 Å². The van der Waals surface area contributed by atoms with Crippen molar-refractivity contribution in [1.29, 1.82) is 0 Å². The van der Waals surface area contributed by atoms with Crippen molar-refractivity contribution < 1.29 is 48.1 Å². The van der Waals surface area contributed by atoms with Gasteiger partial charge in [0.25, 0.3) is 0 Å². The topological polar surface area (TPSA) is 51.8 Å². The molecule has 0 amide bonds. The van der Waals surface area contributed by atoms with E-state index in [1.54, 1.807) is 54.6 Å². The maximum Gasteiger partial charge on any atom is 3.00 e. The van der Waals surface area contributed by atoms with Gasteiger partial charge in [-0.25, -0.2) is 4.39 Å². The Kier molecular flexibility index (Phi) is 7.48. The van der Waals surface area contributed by atoms with Crippen molar-refractivity contribution in [3.05, 3.63) is 209 Å². The normalized spacial score (nSPS) is 16.3. The third-order valence-corrected chi connectivity index (χ3v) is 8.75. The molecule has 0 saturated carbocycles. The van der Waals surface area contributed by atoms with Crippen LogP contribution in [-0.4, -0.2) is 15.0 Å². The zero-order valence-electron chi connectivity index (χ0n) is 43.7. The standard InChI is InChI=1S/C51H37FN3O.Ir/c52-43-23-27-50-46(31-43)44-12-7-13-45(51(44)56-50)49-26-22-37(34-55-49)16-19-40-29-38(17-14-35-20-24-47(53-32-35)41-8-3-1-4-9-41)28-39(30-40)18-15-36-21-25-48(54-33-36)42-10-5-2-6-11-42;/h1-8,10,12,20-34H,14-19H2;/q-3;+3/i14D2,15D2,16D2,17D2,18D2,19D2,23D,31D;. The summed E-state index contributed by atoms with van der Waals surface area (Å²) in [6.07, 6.45) is -15.0. The molecule has 0 bridgehead atoms. The van der Waals surface area contributed by atoms with Crippen LogP contribution in [0.5, 0.6) is 0 Å². The van der Waals surface area contributed by atoms with E-state index in [1.165, 1.54) is 42.5 Å². The second kappa shape index (κ2) is 17.4. The van der Waals surface area contributed by atoms with Crippen molar-refractivity contribution in [2.24, 2.45) is 0 Å². The van der Waals surface area contributed by atoms with Gasteiger partial charge in [-0.3, -0.25) is 0 Å². The predicted molar refractivity (Wildman–Crippen MR) is 221 cm³/mol. The van der Waals surface area contributed by atoms with Crippen LogP contribution in [0.25, 0.3) is 55.7 Å². The number of aromatic nitrogens is 3. The number of fused-ring (bicyclic) bond motifs is 3. The number of hydrogen-bond donors (Lipinski definition) is 0. The summed E-state index contributed by atoms with van der Waals surface area (Å²) >= 11 is 0. The molecule has 278 valence electrons. The largest absolute Gasteiger partial charge is 3.00 e. The van der Waals surface area contributed by atoms with Gasteiger partial charge in [0.15, 0.2) is 0 Å². The molecule has 0 spiro atoms. The maximum atomic E-state index is 14.6. The van der Waals surface area contributed by atoms with Crippen LogP contribution in [0.3, 0.4) is 0 Å². The second-order valence-electron chi connectivity index (χ2n) is 12.6. The molecule has 5 aromatic carbocycles. The van der Waals surface area contributed by atoms with E-state index in [2.05, 4.69) is 33.2 Å². The van der Waals surface area contributed by atoms with Crippen molar-refractivity contribution in [2.45, 2.75) is 38.2 Å². The van der Waals surface area contributed by atoms with Crippen LogP contribution >= 0.6 is 0 Å². The molecule has 9 rings (SSSR count). The van der Waals surface area contributed by atoms with E-state index in [4.69, 9.17) is 7.16 Å². The molecule has 0 aliphatic heterocycles. The molecule has 0 atom stereocenters. The Labute approximate surface area is 365 Å². The molecule has 0 unspecified atom stereocenters.